The summed E-state index contributed by atoms with van der Waals surface area (Å²) in [5, 5.41) is 12.1. The molecule has 0 saturated heterocycles. The van der Waals surface area contributed by atoms with Crippen LogP contribution in [-0.2, 0) is 0 Å². The number of carbonyl (C=O) groups excluding carboxylic acids is 1. The van der Waals surface area contributed by atoms with Gasteiger partial charge < -0.3 is 10.4 Å². The van der Waals surface area contributed by atoms with Gasteiger partial charge in [0.15, 0.2) is 0 Å². The third-order valence-corrected chi connectivity index (χ3v) is 2.84. The van der Waals surface area contributed by atoms with Crippen molar-refractivity contribution in [3.63, 3.8) is 0 Å². The summed E-state index contributed by atoms with van der Waals surface area (Å²) >= 11 is 0. The smallest absolute Gasteiger partial charge is 0.251 e. The van der Waals surface area contributed by atoms with Gasteiger partial charge in [0.25, 0.3) is 5.91 Å². The van der Waals surface area contributed by atoms with Crippen molar-refractivity contribution in [3.8, 4) is 0 Å². The molecule has 1 amide bonds. The first-order valence-corrected chi connectivity index (χ1v) is 5.96. The van der Waals surface area contributed by atoms with E-state index in [-0.39, 0.29) is 11.9 Å². The van der Waals surface area contributed by atoms with Gasteiger partial charge in [-0.3, -0.25) is 4.79 Å². The number of nitrogens with one attached hydrogen (secondary N) is 1. The zero-order valence-electron chi connectivity index (χ0n) is 10.9. The highest BCUT2D eigenvalue weighted by molar-refractivity contribution is 5.94. The van der Waals surface area contributed by atoms with Crippen LogP contribution >= 0.6 is 0 Å². The van der Waals surface area contributed by atoms with Crippen LogP contribution in [0.25, 0.3) is 0 Å². The molecule has 0 bridgehead atoms. The molecule has 17 heavy (non-hydrogen) atoms. The summed E-state index contributed by atoms with van der Waals surface area (Å²) in [6, 6.07) is 5.64. The number of carbonyl (C=O) groups is 1. The molecule has 0 heterocycles. The van der Waals surface area contributed by atoms with Gasteiger partial charge >= 0.3 is 0 Å². The summed E-state index contributed by atoms with van der Waals surface area (Å²) in [6.07, 6.45) is 0.168. The SMILES string of the molecule is Cc1ccc(C(=O)NC(C)CC(C)O)cc1C. The molecule has 2 N–H and O–H groups in total. The average molecular weight is 235 g/mol. The normalized spacial score (nSPS) is 14.2. The second kappa shape index (κ2) is 5.82. The van der Waals surface area contributed by atoms with Crippen LogP contribution in [0.15, 0.2) is 18.2 Å². The fourth-order valence-corrected chi connectivity index (χ4v) is 1.76. The van der Waals surface area contributed by atoms with E-state index in [1.165, 1.54) is 5.56 Å². The van der Waals surface area contributed by atoms with E-state index in [2.05, 4.69) is 5.32 Å². The van der Waals surface area contributed by atoms with Crippen LogP contribution in [0.4, 0.5) is 0 Å². The van der Waals surface area contributed by atoms with Crippen molar-refractivity contribution in [2.24, 2.45) is 0 Å². The van der Waals surface area contributed by atoms with Crippen molar-refractivity contribution in [1.82, 2.24) is 5.32 Å². The minimum Gasteiger partial charge on any atom is -0.393 e. The zero-order valence-corrected chi connectivity index (χ0v) is 10.9. The van der Waals surface area contributed by atoms with Gasteiger partial charge in [0, 0.05) is 11.6 Å². The molecule has 3 nitrogen and oxygen atoms in total. The maximum absolute atomic E-state index is 11.9. The van der Waals surface area contributed by atoms with Crippen LogP contribution in [0.3, 0.4) is 0 Å². The van der Waals surface area contributed by atoms with Crippen molar-refractivity contribution in [2.75, 3.05) is 0 Å². The second-order valence-corrected chi connectivity index (χ2v) is 4.76. The van der Waals surface area contributed by atoms with E-state index in [1.54, 1.807) is 6.92 Å². The summed E-state index contributed by atoms with van der Waals surface area (Å²) in [5.74, 6) is -0.0822. The summed E-state index contributed by atoms with van der Waals surface area (Å²) in [5.41, 5.74) is 2.96. The second-order valence-electron chi connectivity index (χ2n) is 4.76. The van der Waals surface area contributed by atoms with E-state index in [0.29, 0.717) is 12.0 Å². The average Bonchev–Trinajstić information content (AvgIpc) is 2.20. The number of aliphatic hydroxyl groups is 1. The Labute approximate surface area is 103 Å². The summed E-state index contributed by atoms with van der Waals surface area (Å²) < 4.78 is 0. The van der Waals surface area contributed by atoms with E-state index >= 15 is 0 Å². The molecule has 0 spiro atoms. The van der Waals surface area contributed by atoms with Crippen molar-refractivity contribution in [2.45, 2.75) is 46.3 Å². The molecule has 1 rings (SSSR count). The van der Waals surface area contributed by atoms with Crippen molar-refractivity contribution < 1.29 is 9.90 Å². The highest BCUT2D eigenvalue weighted by Crippen LogP contribution is 2.10. The molecule has 0 radical (unpaired) electrons. The molecule has 94 valence electrons. The van der Waals surface area contributed by atoms with Crippen molar-refractivity contribution in [3.05, 3.63) is 34.9 Å². The maximum Gasteiger partial charge on any atom is 0.251 e. The van der Waals surface area contributed by atoms with Crippen LogP contribution in [0.1, 0.15) is 41.8 Å². The lowest BCUT2D eigenvalue weighted by molar-refractivity contribution is 0.0923. The molecule has 0 aliphatic rings. The van der Waals surface area contributed by atoms with Gasteiger partial charge in [-0.2, -0.15) is 0 Å². The van der Waals surface area contributed by atoms with E-state index in [4.69, 9.17) is 0 Å². The monoisotopic (exact) mass is 235 g/mol. The Bertz CT molecular complexity index is 399. The number of rotatable bonds is 4. The van der Waals surface area contributed by atoms with Gasteiger partial charge in [0.05, 0.1) is 6.10 Å². The quantitative estimate of drug-likeness (QED) is 0.840. The fraction of sp³-hybridized carbons (Fsp3) is 0.500. The Balaban J connectivity index is 2.66. The first-order valence-electron chi connectivity index (χ1n) is 5.96. The molecule has 2 unspecified atom stereocenters. The van der Waals surface area contributed by atoms with Crippen molar-refractivity contribution in [1.29, 1.82) is 0 Å². The minimum absolute atomic E-state index is 0.0240. The minimum atomic E-state index is -0.398. The Morgan fingerprint density at radius 3 is 2.47 bits per heavy atom. The van der Waals surface area contributed by atoms with Crippen LogP contribution in [-0.4, -0.2) is 23.2 Å². The lowest BCUT2D eigenvalue weighted by Gasteiger charge is -2.15. The molecule has 0 aliphatic carbocycles. The number of benzene rings is 1. The number of aliphatic hydroxyl groups excluding tert-OH is 1. The largest absolute Gasteiger partial charge is 0.393 e. The lowest BCUT2D eigenvalue weighted by atomic mass is 10.1. The van der Waals surface area contributed by atoms with Crippen LogP contribution in [0.5, 0.6) is 0 Å². The van der Waals surface area contributed by atoms with Gasteiger partial charge in [-0.05, 0) is 57.4 Å². The summed E-state index contributed by atoms with van der Waals surface area (Å²) in [4.78, 5) is 11.9. The highest BCUT2D eigenvalue weighted by atomic mass is 16.3. The van der Waals surface area contributed by atoms with Crippen LogP contribution in [0.2, 0.25) is 0 Å². The molecule has 0 saturated carbocycles. The van der Waals surface area contributed by atoms with Crippen LogP contribution in [0, 0.1) is 13.8 Å². The number of hydrogen-bond acceptors (Lipinski definition) is 2. The third kappa shape index (κ3) is 4.19. The molecular weight excluding hydrogens is 214 g/mol. The number of hydrogen-bond donors (Lipinski definition) is 2. The molecule has 1 aromatic rings. The first-order chi connectivity index (χ1) is 7.90. The first kappa shape index (κ1) is 13.7. The standard InChI is InChI=1S/C14H21NO2/c1-9-5-6-13(7-10(9)2)14(17)15-11(3)8-12(4)16/h5-7,11-12,16H,8H2,1-4H3,(H,15,17). The van der Waals surface area contributed by atoms with E-state index in [1.807, 2.05) is 39.0 Å². The molecular formula is C14H21NO2. The maximum atomic E-state index is 11.9. The van der Waals surface area contributed by atoms with Crippen LogP contribution < -0.4 is 5.32 Å². The molecule has 0 fully saturated rings. The lowest BCUT2D eigenvalue weighted by Crippen LogP contribution is -2.34. The Hall–Kier alpha value is -1.35. The highest BCUT2D eigenvalue weighted by Gasteiger charge is 2.11. The molecule has 0 aliphatic heterocycles. The topological polar surface area (TPSA) is 49.3 Å². The third-order valence-electron chi connectivity index (χ3n) is 2.84. The molecule has 2 atom stereocenters. The molecule has 3 heteroatoms. The zero-order chi connectivity index (χ0) is 13.0. The van der Waals surface area contributed by atoms with E-state index < -0.39 is 6.10 Å². The molecule has 0 aromatic heterocycles. The summed E-state index contributed by atoms with van der Waals surface area (Å²) in [7, 11) is 0. The van der Waals surface area contributed by atoms with Gasteiger partial charge in [-0.1, -0.05) is 6.07 Å². The van der Waals surface area contributed by atoms with E-state index in [0.717, 1.165) is 5.56 Å². The van der Waals surface area contributed by atoms with Gasteiger partial charge in [-0.15, -0.1) is 0 Å². The Kier molecular flexibility index (Phi) is 4.70. The Morgan fingerprint density at radius 1 is 1.29 bits per heavy atom. The predicted molar refractivity (Wildman–Crippen MR) is 69.1 cm³/mol. The Morgan fingerprint density at radius 2 is 1.94 bits per heavy atom. The summed E-state index contributed by atoms with van der Waals surface area (Å²) in [6.45, 7) is 7.63. The number of aryl methyl sites for hydroxylation is 2. The number of amides is 1. The molecule has 1 aromatic carbocycles. The van der Waals surface area contributed by atoms with Gasteiger partial charge in [0.1, 0.15) is 0 Å². The van der Waals surface area contributed by atoms with Gasteiger partial charge in [0.2, 0.25) is 0 Å². The van der Waals surface area contributed by atoms with Gasteiger partial charge in [-0.25, -0.2) is 0 Å². The van der Waals surface area contributed by atoms with Crippen molar-refractivity contribution >= 4 is 5.91 Å². The van der Waals surface area contributed by atoms with E-state index in [9.17, 15) is 9.90 Å². The predicted octanol–water partition coefficient (Wildman–Crippen LogP) is 2.19. The fourth-order valence-electron chi connectivity index (χ4n) is 1.76.